The van der Waals surface area contributed by atoms with Gasteiger partial charge in [0.15, 0.2) is 0 Å². The van der Waals surface area contributed by atoms with Gasteiger partial charge in [-0.15, -0.1) is 0 Å². The molecule has 0 aromatic heterocycles. The molecular weight excluding hydrogens is 154 g/mol. The Kier molecular flexibility index (Phi) is 4.99. The highest BCUT2D eigenvalue weighted by Gasteiger charge is 2.14. The van der Waals surface area contributed by atoms with E-state index in [1.54, 1.807) is 0 Å². The van der Waals surface area contributed by atoms with Crippen molar-refractivity contribution in [2.24, 2.45) is 5.73 Å². The molecule has 1 heterocycles. The molecule has 2 N–H and O–H groups in total. The van der Waals surface area contributed by atoms with E-state index in [1.165, 1.54) is 6.42 Å². The van der Waals surface area contributed by atoms with Gasteiger partial charge in [0, 0.05) is 13.2 Å². The molecule has 1 unspecified atom stereocenters. The molecule has 1 saturated heterocycles. The van der Waals surface area contributed by atoms with Crippen molar-refractivity contribution >= 4 is 0 Å². The average molecular weight is 171 g/mol. The second kappa shape index (κ2) is 6.17. The van der Waals surface area contributed by atoms with Gasteiger partial charge in [0.2, 0.25) is 0 Å². The summed E-state index contributed by atoms with van der Waals surface area (Å²) in [5, 5.41) is 0. The molecule has 3 heteroatoms. The third-order valence-corrected chi connectivity index (χ3v) is 1.84. The van der Waals surface area contributed by atoms with Gasteiger partial charge in [-0.25, -0.2) is 0 Å². The maximum Gasteiger partial charge on any atom is 0.0809 e. The molecule has 1 aliphatic rings. The Morgan fingerprint density at radius 1 is 1.50 bits per heavy atom. The molecule has 0 aliphatic carbocycles. The number of nitrogens with two attached hydrogens (primary N) is 1. The number of rotatable bonds is 5. The molecule has 12 heavy (non-hydrogen) atoms. The van der Waals surface area contributed by atoms with E-state index in [-0.39, 0.29) is 0 Å². The summed E-state index contributed by atoms with van der Waals surface area (Å²) in [6.45, 7) is 2.85. The van der Waals surface area contributed by atoms with Crippen molar-refractivity contribution in [3.8, 4) is 0 Å². The summed E-state index contributed by atoms with van der Waals surface area (Å²) >= 11 is 0. The van der Waals surface area contributed by atoms with Gasteiger partial charge in [-0.2, -0.15) is 0 Å². The van der Waals surface area contributed by atoms with Gasteiger partial charge in [0.05, 0.1) is 19.3 Å². The first-order chi connectivity index (χ1) is 5.93. The van der Waals surface area contributed by atoms with Crippen LogP contribution in [0.15, 0.2) is 12.2 Å². The Morgan fingerprint density at radius 2 is 2.42 bits per heavy atom. The van der Waals surface area contributed by atoms with Crippen LogP contribution in [0.25, 0.3) is 0 Å². The van der Waals surface area contributed by atoms with E-state index in [1.807, 2.05) is 12.2 Å². The molecule has 0 amide bonds. The van der Waals surface area contributed by atoms with Crippen molar-refractivity contribution in [2.75, 3.05) is 26.4 Å². The molecule has 1 aliphatic heterocycles. The van der Waals surface area contributed by atoms with E-state index in [4.69, 9.17) is 15.2 Å². The van der Waals surface area contributed by atoms with Crippen LogP contribution in [0.2, 0.25) is 0 Å². The Bertz CT molecular complexity index is 130. The van der Waals surface area contributed by atoms with Gasteiger partial charge in [-0.1, -0.05) is 12.2 Å². The van der Waals surface area contributed by atoms with E-state index < -0.39 is 0 Å². The van der Waals surface area contributed by atoms with E-state index >= 15 is 0 Å². The van der Waals surface area contributed by atoms with Gasteiger partial charge in [0.1, 0.15) is 0 Å². The number of ether oxygens (including phenoxy) is 2. The summed E-state index contributed by atoms with van der Waals surface area (Å²) in [6.07, 6.45) is 6.48. The first kappa shape index (κ1) is 9.71. The lowest BCUT2D eigenvalue weighted by Gasteiger charge is -2.07. The fraction of sp³-hybridized carbons (Fsp3) is 0.778. The Balaban J connectivity index is 1.91. The van der Waals surface area contributed by atoms with Gasteiger partial charge >= 0.3 is 0 Å². The van der Waals surface area contributed by atoms with Crippen LogP contribution >= 0.6 is 0 Å². The fourth-order valence-electron chi connectivity index (χ4n) is 1.21. The minimum absolute atomic E-state index is 0.330. The van der Waals surface area contributed by atoms with E-state index in [0.717, 1.165) is 19.6 Å². The maximum absolute atomic E-state index is 5.39. The van der Waals surface area contributed by atoms with Crippen molar-refractivity contribution in [3.05, 3.63) is 12.2 Å². The van der Waals surface area contributed by atoms with E-state index in [2.05, 4.69) is 0 Å². The van der Waals surface area contributed by atoms with Crippen molar-refractivity contribution in [3.63, 3.8) is 0 Å². The van der Waals surface area contributed by atoms with Crippen LogP contribution in [0.4, 0.5) is 0 Å². The Labute approximate surface area is 73.5 Å². The van der Waals surface area contributed by atoms with E-state index in [9.17, 15) is 0 Å². The highest BCUT2D eigenvalue weighted by Crippen LogP contribution is 2.11. The van der Waals surface area contributed by atoms with Crippen molar-refractivity contribution in [2.45, 2.75) is 18.9 Å². The lowest BCUT2D eigenvalue weighted by Crippen LogP contribution is -2.13. The Morgan fingerprint density at radius 3 is 3.08 bits per heavy atom. The first-order valence-corrected chi connectivity index (χ1v) is 4.48. The summed E-state index contributed by atoms with van der Waals surface area (Å²) in [4.78, 5) is 0. The average Bonchev–Trinajstić information content (AvgIpc) is 2.57. The molecule has 1 rings (SSSR count). The maximum atomic E-state index is 5.39. The quantitative estimate of drug-likeness (QED) is 0.489. The monoisotopic (exact) mass is 171 g/mol. The van der Waals surface area contributed by atoms with Crippen LogP contribution in [-0.4, -0.2) is 32.5 Å². The molecular formula is C9H17NO2. The molecule has 0 radical (unpaired) electrons. The topological polar surface area (TPSA) is 44.5 Å². The van der Waals surface area contributed by atoms with Gasteiger partial charge in [0.25, 0.3) is 0 Å². The van der Waals surface area contributed by atoms with Gasteiger partial charge in [-0.3, -0.25) is 0 Å². The summed E-state index contributed by atoms with van der Waals surface area (Å²) in [6, 6.07) is 0. The smallest absolute Gasteiger partial charge is 0.0809 e. The predicted molar refractivity (Wildman–Crippen MR) is 48.0 cm³/mol. The predicted octanol–water partition coefficient (Wildman–Crippen LogP) is 0.697. The molecule has 0 aromatic carbocycles. The standard InChI is InChI=1S/C9H17NO2/c10-5-1-2-6-11-8-9-4-3-7-12-9/h1-2,9H,3-8,10H2. The molecule has 0 spiro atoms. The summed E-state index contributed by atoms with van der Waals surface area (Å²) in [5.74, 6) is 0. The van der Waals surface area contributed by atoms with Gasteiger partial charge < -0.3 is 15.2 Å². The minimum Gasteiger partial charge on any atom is -0.376 e. The molecule has 1 fully saturated rings. The van der Waals surface area contributed by atoms with Crippen molar-refractivity contribution < 1.29 is 9.47 Å². The minimum atomic E-state index is 0.330. The van der Waals surface area contributed by atoms with Crippen LogP contribution in [0.1, 0.15) is 12.8 Å². The van der Waals surface area contributed by atoms with Crippen molar-refractivity contribution in [1.29, 1.82) is 0 Å². The van der Waals surface area contributed by atoms with Crippen LogP contribution < -0.4 is 5.73 Å². The van der Waals surface area contributed by atoms with Crippen LogP contribution in [0, 0.1) is 0 Å². The second-order valence-electron chi connectivity index (χ2n) is 2.88. The molecule has 0 saturated carbocycles. The highest BCUT2D eigenvalue weighted by atomic mass is 16.5. The normalized spacial score (nSPS) is 23.9. The highest BCUT2D eigenvalue weighted by molar-refractivity contribution is 4.82. The lowest BCUT2D eigenvalue weighted by atomic mass is 10.2. The first-order valence-electron chi connectivity index (χ1n) is 4.48. The molecule has 3 nitrogen and oxygen atoms in total. The fourth-order valence-corrected chi connectivity index (χ4v) is 1.21. The number of hydrogen-bond acceptors (Lipinski definition) is 3. The van der Waals surface area contributed by atoms with Crippen LogP contribution in [-0.2, 0) is 9.47 Å². The second-order valence-corrected chi connectivity index (χ2v) is 2.88. The zero-order valence-electron chi connectivity index (χ0n) is 7.37. The van der Waals surface area contributed by atoms with E-state index in [0.29, 0.717) is 19.3 Å². The third-order valence-electron chi connectivity index (χ3n) is 1.84. The Hall–Kier alpha value is -0.380. The molecule has 0 aromatic rings. The largest absolute Gasteiger partial charge is 0.376 e. The number of hydrogen-bond donors (Lipinski definition) is 1. The SMILES string of the molecule is NCC=CCOCC1CCCO1. The third kappa shape index (κ3) is 3.85. The van der Waals surface area contributed by atoms with Crippen LogP contribution in [0.5, 0.6) is 0 Å². The summed E-state index contributed by atoms with van der Waals surface area (Å²) < 4.78 is 10.7. The summed E-state index contributed by atoms with van der Waals surface area (Å²) in [5.41, 5.74) is 5.27. The zero-order valence-corrected chi connectivity index (χ0v) is 7.37. The zero-order chi connectivity index (χ0) is 8.65. The van der Waals surface area contributed by atoms with Gasteiger partial charge in [-0.05, 0) is 12.8 Å². The molecule has 70 valence electrons. The molecule has 1 atom stereocenters. The molecule has 0 bridgehead atoms. The van der Waals surface area contributed by atoms with Crippen molar-refractivity contribution in [1.82, 2.24) is 0 Å². The lowest BCUT2D eigenvalue weighted by molar-refractivity contribution is 0.0266. The summed E-state index contributed by atoms with van der Waals surface area (Å²) in [7, 11) is 0. The van der Waals surface area contributed by atoms with Crippen LogP contribution in [0.3, 0.4) is 0 Å².